The summed E-state index contributed by atoms with van der Waals surface area (Å²) in [4.78, 5) is 0. The van der Waals surface area contributed by atoms with Gasteiger partial charge in [-0.2, -0.15) is 0 Å². The maximum atomic E-state index is 4.90. The Bertz CT molecular complexity index is 91.6. The lowest BCUT2D eigenvalue weighted by molar-refractivity contribution is -0.499. The number of ether oxygens (including phenoxy) is 1. The quantitative estimate of drug-likeness (QED) is 0.410. The summed E-state index contributed by atoms with van der Waals surface area (Å²) in [5, 5.41) is 0. The van der Waals surface area contributed by atoms with E-state index in [0.29, 0.717) is 6.29 Å². The van der Waals surface area contributed by atoms with E-state index in [-0.39, 0.29) is 5.41 Å². The van der Waals surface area contributed by atoms with Crippen molar-refractivity contribution >= 4 is 6.79 Å². The van der Waals surface area contributed by atoms with Gasteiger partial charge in [-0.3, -0.25) is 0 Å². The average molecular weight is 130 g/mol. The summed E-state index contributed by atoms with van der Waals surface area (Å²) < 4.78 is 9.60. The summed E-state index contributed by atoms with van der Waals surface area (Å²) in [5.41, 5.74) is -0.0729. The van der Waals surface area contributed by atoms with Gasteiger partial charge in [0.25, 0.3) is 6.29 Å². The Kier molecular flexibility index (Phi) is 2.71. The van der Waals surface area contributed by atoms with Crippen molar-refractivity contribution < 1.29 is 9.16 Å². The zero-order chi connectivity index (χ0) is 7.49. The molecule has 0 bridgehead atoms. The molecule has 0 rings (SSSR count). The van der Waals surface area contributed by atoms with Crippen LogP contribution in [0.2, 0.25) is 0 Å². The predicted octanol–water partition coefficient (Wildman–Crippen LogP) is 1.53. The van der Waals surface area contributed by atoms with E-state index in [4.69, 9.17) is 9.16 Å². The number of methoxy groups -OCH3 is 1. The average Bonchev–Trinajstić information content (AvgIpc) is 1.65. The molecule has 0 N–H and O–H groups in total. The van der Waals surface area contributed by atoms with E-state index in [1.54, 1.807) is 7.11 Å². The van der Waals surface area contributed by atoms with Crippen LogP contribution in [0.5, 0.6) is 0 Å². The van der Waals surface area contributed by atoms with Gasteiger partial charge in [0.15, 0.2) is 0 Å². The van der Waals surface area contributed by atoms with Gasteiger partial charge in [-0.05, 0) is 0 Å². The minimum atomic E-state index is -0.0729. The second-order valence-electron chi connectivity index (χ2n) is 2.89. The number of hydrogen-bond acceptors (Lipinski definition) is 1. The normalized spacial score (nSPS) is 11.1. The van der Waals surface area contributed by atoms with Crippen LogP contribution in [0.3, 0.4) is 0 Å². The van der Waals surface area contributed by atoms with E-state index in [1.165, 1.54) is 0 Å². The molecule has 0 unspecified atom stereocenters. The van der Waals surface area contributed by atoms with Crippen molar-refractivity contribution in [2.24, 2.45) is 5.41 Å². The second-order valence-corrected chi connectivity index (χ2v) is 2.89. The number of rotatable bonds is 2. The summed E-state index contributed by atoms with van der Waals surface area (Å²) in [7, 11) is 1.58. The summed E-state index contributed by atoms with van der Waals surface area (Å²) >= 11 is 0. The first kappa shape index (κ1) is 8.50. The molecule has 9 heavy (non-hydrogen) atoms. The van der Waals surface area contributed by atoms with Crippen LogP contribution in [0.1, 0.15) is 20.8 Å². The first-order chi connectivity index (χ1) is 4.02. The van der Waals surface area contributed by atoms with Crippen LogP contribution in [-0.2, 0) is 9.16 Å². The van der Waals surface area contributed by atoms with Crippen molar-refractivity contribution in [2.75, 3.05) is 7.11 Å². The van der Waals surface area contributed by atoms with Gasteiger partial charge in [0, 0.05) is 12.5 Å². The maximum Gasteiger partial charge on any atom is 0.296 e. The van der Waals surface area contributed by atoms with Gasteiger partial charge in [-0.1, -0.05) is 20.8 Å². The predicted molar refractivity (Wildman–Crippen MR) is 36.8 cm³/mol. The monoisotopic (exact) mass is 130 g/mol. The van der Waals surface area contributed by atoms with Gasteiger partial charge in [-0.25, -0.2) is 0 Å². The van der Waals surface area contributed by atoms with Gasteiger partial charge in [0.05, 0.1) is 0 Å². The molecule has 0 saturated carbocycles. The molecule has 2 heteroatoms. The molecule has 0 heterocycles. The van der Waals surface area contributed by atoms with Crippen molar-refractivity contribution in [3.63, 3.8) is 0 Å². The van der Waals surface area contributed by atoms with Crippen LogP contribution < -0.4 is 0 Å². The van der Waals surface area contributed by atoms with Gasteiger partial charge in [-0.15, -0.1) is 0 Å². The minimum absolute atomic E-state index is 0.0729. The molecule has 0 spiro atoms. The van der Waals surface area contributed by atoms with Crippen LogP contribution in [0.25, 0.3) is 0 Å². The Balaban J connectivity index is 3.94. The Labute approximate surface area is 56.5 Å². The molecule has 0 aromatic rings. The highest BCUT2D eigenvalue weighted by atomic mass is 16.6. The Hall–Kier alpha value is -0.500. The molecule has 0 amide bonds. The van der Waals surface area contributed by atoms with E-state index in [9.17, 15) is 0 Å². The van der Waals surface area contributed by atoms with Crippen molar-refractivity contribution in [1.82, 2.24) is 0 Å². The first-order valence-electron chi connectivity index (χ1n) is 2.86. The molecule has 54 valence electrons. The molecular weight excluding hydrogens is 116 g/mol. The number of carbonyl (C=O) groups excluding carboxylic acids is 1. The molecule has 0 aliphatic carbocycles. The van der Waals surface area contributed by atoms with Gasteiger partial charge >= 0.3 is 0 Å². The highest BCUT2D eigenvalue weighted by Gasteiger charge is 2.26. The van der Waals surface area contributed by atoms with Crippen LogP contribution in [0.15, 0.2) is 0 Å². The maximum absolute atomic E-state index is 4.90. The van der Waals surface area contributed by atoms with Crippen LogP contribution in [0, 0.1) is 11.7 Å². The molecule has 0 aromatic heterocycles. The Morgan fingerprint density at radius 3 is 1.89 bits per heavy atom. The Morgan fingerprint density at radius 2 is 1.89 bits per heavy atom. The fraction of sp³-hybridized carbons (Fsp3) is 0.714. The zero-order valence-electron chi connectivity index (χ0n) is 6.52. The zero-order valence-corrected chi connectivity index (χ0v) is 6.52. The van der Waals surface area contributed by atoms with Gasteiger partial charge in [0.1, 0.15) is 6.79 Å². The topological polar surface area (TPSA) is 20.5 Å². The van der Waals surface area contributed by atoms with E-state index in [1.807, 2.05) is 20.8 Å². The fourth-order valence-corrected chi connectivity index (χ4v) is 0.582. The molecule has 0 saturated heterocycles. The summed E-state index contributed by atoms with van der Waals surface area (Å²) in [5.74, 6) is 0. The molecule has 0 aliphatic heterocycles. The lowest BCUT2D eigenvalue weighted by Gasteiger charge is -2.21. The highest BCUT2D eigenvalue weighted by molar-refractivity contribution is 5.13. The van der Waals surface area contributed by atoms with Crippen LogP contribution in [-0.4, -0.2) is 13.9 Å². The smallest absolute Gasteiger partial charge is 0.296 e. The van der Waals surface area contributed by atoms with E-state index in [2.05, 4.69) is 6.79 Å². The second kappa shape index (κ2) is 2.87. The Morgan fingerprint density at radius 1 is 1.44 bits per heavy atom. The summed E-state index contributed by atoms with van der Waals surface area (Å²) in [6, 6.07) is 0. The van der Waals surface area contributed by atoms with Crippen molar-refractivity contribution in [1.29, 1.82) is 0 Å². The molecular formula is C7H14O2. The van der Waals surface area contributed by atoms with Crippen molar-refractivity contribution in [2.45, 2.75) is 20.8 Å². The van der Waals surface area contributed by atoms with Crippen molar-refractivity contribution in [3.8, 4) is 0 Å². The standard InChI is InChI=1S/C7H14O2/c1-7(2,3)6(8-4)9-5/h4H2,1-3,5H3. The third-order valence-corrected chi connectivity index (χ3v) is 0.929. The van der Waals surface area contributed by atoms with Crippen LogP contribution >= 0.6 is 0 Å². The SMILES string of the molecule is C=[O+][C-](OC)C(C)(C)C. The first-order valence-corrected chi connectivity index (χ1v) is 2.86. The van der Waals surface area contributed by atoms with Gasteiger partial charge in [0.2, 0.25) is 0 Å². The minimum Gasteiger partial charge on any atom is -0.376 e. The van der Waals surface area contributed by atoms with Crippen molar-refractivity contribution in [3.05, 3.63) is 6.29 Å². The summed E-state index contributed by atoms with van der Waals surface area (Å²) in [6.07, 6.45) is 0.558. The van der Waals surface area contributed by atoms with Gasteiger partial charge < -0.3 is 9.16 Å². The molecule has 0 atom stereocenters. The van der Waals surface area contributed by atoms with Crippen LogP contribution in [0.4, 0.5) is 0 Å². The summed E-state index contributed by atoms with van der Waals surface area (Å²) in [6.45, 7) is 9.25. The molecule has 0 fully saturated rings. The van der Waals surface area contributed by atoms with E-state index >= 15 is 0 Å². The fourth-order valence-electron chi connectivity index (χ4n) is 0.582. The largest absolute Gasteiger partial charge is 0.376 e. The third kappa shape index (κ3) is 2.51. The molecule has 2 nitrogen and oxygen atoms in total. The molecule has 0 radical (unpaired) electrons. The van der Waals surface area contributed by atoms with E-state index in [0.717, 1.165) is 0 Å². The van der Waals surface area contributed by atoms with E-state index < -0.39 is 0 Å². The highest BCUT2D eigenvalue weighted by Crippen LogP contribution is 2.26. The lowest BCUT2D eigenvalue weighted by atomic mass is 9.96. The lowest BCUT2D eigenvalue weighted by Crippen LogP contribution is -2.19. The molecule has 0 aliphatic rings. The third-order valence-electron chi connectivity index (χ3n) is 0.929. The molecule has 0 aromatic carbocycles. The number of hydrogen-bond donors (Lipinski definition) is 0.